The number of hydrogen-bond acceptors (Lipinski definition) is 6. The van der Waals surface area contributed by atoms with Crippen LogP contribution in [-0.4, -0.2) is 47.6 Å². The van der Waals surface area contributed by atoms with Gasteiger partial charge < -0.3 is 14.1 Å². The Kier molecular flexibility index (Phi) is 9.15. The fraction of sp³-hybridized carbons (Fsp3) is 0.241. The molecule has 0 N–H and O–H groups in total. The van der Waals surface area contributed by atoms with Crippen LogP contribution in [0.3, 0.4) is 0 Å². The molecule has 0 aliphatic heterocycles. The van der Waals surface area contributed by atoms with Gasteiger partial charge in [-0.05, 0) is 55.9 Å². The van der Waals surface area contributed by atoms with Crippen molar-refractivity contribution in [1.82, 2.24) is 15.1 Å². The lowest BCUT2D eigenvalue weighted by atomic mass is 10.0. The molecule has 0 saturated carbocycles. The second-order valence-electron chi connectivity index (χ2n) is 8.42. The van der Waals surface area contributed by atoms with Crippen LogP contribution in [0.25, 0.3) is 17.5 Å². The van der Waals surface area contributed by atoms with Gasteiger partial charge in [-0.1, -0.05) is 72.8 Å². The molecule has 1 heterocycles. The van der Waals surface area contributed by atoms with Crippen molar-refractivity contribution in [2.24, 2.45) is 0 Å². The zero-order chi connectivity index (χ0) is 24.3. The van der Waals surface area contributed by atoms with Crippen LogP contribution in [0.2, 0.25) is 0 Å². The summed E-state index contributed by atoms with van der Waals surface area (Å²) in [4.78, 5) is 2.24. The van der Waals surface area contributed by atoms with Gasteiger partial charge in [-0.2, -0.15) is 0 Å². The maximum Gasteiger partial charge on any atom is 0.247 e. The van der Waals surface area contributed by atoms with Gasteiger partial charge in [0.2, 0.25) is 11.8 Å². The summed E-state index contributed by atoms with van der Waals surface area (Å²) in [6, 6.07) is 29.0. The van der Waals surface area contributed by atoms with Gasteiger partial charge in [-0.25, -0.2) is 0 Å². The van der Waals surface area contributed by atoms with Crippen LogP contribution in [0.1, 0.15) is 17.0 Å². The monoisotopic (exact) mass is 485 g/mol. The first-order chi connectivity index (χ1) is 17.2. The Bertz CT molecular complexity index is 1180. The summed E-state index contributed by atoms with van der Waals surface area (Å²) in [6.45, 7) is 0.644. The Hall–Kier alpha value is -3.35. The van der Waals surface area contributed by atoms with Gasteiger partial charge in [0.05, 0.1) is 12.4 Å². The molecule has 4 rings (SSSR count). The highest BCUT2D eigenvalue weighted by atomic mass is 32.2. The number of ether oxygens (including phenoxy) is 1. The van der Waals surface area contributed by atoms with E-state index >= 15 is 0 Å². The number of para-hydroxylation sites is 1. The summed E-state index contributed by atoms with van der Waals surface area (Å²) >= 11 is 1.71. The molecule has 0 bridgehead atoms. The van der Waals surface area contributed by atoms with Crippen LogP contribution < -0.4 is 4.74 Å². The minimum atomic E-state index is 0.325. The molecule has 0 aliphatic rings. The second kappa shape index (κ2) is 12.9. The molecule has 0 aliphatic carbocycles. The van der Waals surface area contributed by atoms with E-state index in [-0.39, 0.29) is 0 Å². The van der Waals surface area contributed by atoms with Crippen molar-refractivity contribution in [2.45, 2.75) is 18.2 Å². The van der Waals surface area contributed by atoms with Gasteiger partial charge in [-0.3, -0.25) is 0 Å². The molecule has 0 saturated heterocycles. The topological polar surface area (TPSA) is 51.4 Å². The van der Waals surface area contributed by atoms with Crippen molar-refractivity contribution in [3.05, 3.63) is 108 Å². The van der Waals surface area contributed by atoms with E-state index in [1.807, 2.05) is 42.5 Å². The highest BCUT2D eigenvalue weighted by Crippen LogP contribution is 2.21. The highest BCUT2D eigenvalue weighted by Gasteiger charge is 2.10. The summed E-state index contributed by atoms with van der Waals surface area (Å²) in [5, 5.41) is 8.41. The number of benzene rings is 3. The second-order valence-corrected chi connectivity index (χ2v) is 9.52. The van der Waals surface area contributed by atoms with Gasteiger partial charge in [0.25, 0.3) is 0 Å². The Morgan fingerprint density at radius 1 is 0.914 bits per heavy atom. The molecule has 5 nitrogen and oxygen atoms in total. The van der Waals surface area contributed by atoms with E-state index in [1.54, 1.807) is 11.8 Å². The molecule has 6 heteroatoms. The third-order valence-corrected chi connectivity index (χ3v) is 6.46. The number of rotatable bonds is 12. The molecule has 0 spiro atoms. The predicted octanol–water partition coefficient (Wildman–Crippen LogP) is 6.23. The van der Waals surface area contributed by atoms with Crippen molar-refractivity contribution in [2.75, 3.05) is 26.5 Å². The number of nitrogens with zero attached hydrogens (tertiary/aromatic N) is 3. The minimum Gasteiger partial charge on any atom is -0.493 e. The number of thioether (sulfide) groups is 1. The summed E-state index contributed by atoms with van der Waals surface area (Å²) in [5.74, 6) is 3.58. The van der Waals surface area contributed by atoms with E-state index in [2.05, 4.69) is 83.8 Å². The average molecular weight is 486 g/mol. The molecular weight excluding hydrogens is 454 g/mol. The molecule has 3 aromatic carbocycles. The first-order valence-corrected chi connectivity index (χ1v) is 12.9. The lowest BCUT2D eigenvalue weighted by Gasteiger charge is -2.21. The fourth-order valence-electron chi connectivity index (χ4n) is 3.56. The van der Waals surface area contributed by atoms with Crippen LogP contribution >= 0.6 is 11.8 Å². The van der Waals surface area contributed by atoms with Crippen LogP contribution in [0, 0.1) is 0 Å². The molecule has 4 aromatic rings. The number of aromatic nitrogens is 2. The normalized spacial score (nSPS) is 12.3. The minimum absolute atomic E-state index is 0.325. The van der Waals surface area contributed by atoms with Crippen LogP contribution in [0.15, 0.2) is 95.4 Å². The summed E-state index contributed by atoms with van der Waals surface area (Å²) < 4.78 is 11.6. The van der Waals surface area contributed by atoms with Crippen molar-refractivity contribution in [1.29, 1.82) is 0 Å². The van der Waals surface area contributed by atoms with E-state index in [0.717, 1.165) is 29.1 Å². The largest absolute Gasteiger partial charge is 0.493 e. The van der Waals surface area contributed by atoms with Crippen molar-refractivity contribution >= 4 is 17.8 Å². The van der Waals surface area contributed by atoms with Crippen molar-refractivity contribution < 1.29 is 9.15 Å². The molecule has 0 fully saturated rings. The van der Waals surface area contributed by atoms with Crippen molar-refractivity contribution in [3.63, 3.8) is 0 Å². The van der Waals surface area contributed by atoms with E-state index in [4.69, 9.17) is 9.15 Å². The van der Waals surface area contributed by atoms with Gasteiger partial charge in [-0.15, -0.1) is 22.0 Å². The smallest absolute Gasteiger partial charge is 0.247 e. The summed E-state index contributed by atoms with van der Waals surface area (Å²) in [6.07, 6.45) is 5.40. The zero-order valence-electron chi connectivity index (χ0n) is 20.2. The quantitative estimate of drug-likeness (QED) is 0.222. The standard InChI is InChI=1S/C29H31N3O2S/c1-32(2)26(21-24-9-5-3-6-10-24)18-15-23-13-16-25(17-14-23)29-31-30-28(34-29)22-35-20-19-33-27-11-7-4-8-12-27/h3-18,26H,19-22H2,1-2H3/b18-15+/t26-/m0/s1. The Balaban J connectivity index is 1.26. The van der Waals surface area contributed by atoms with Crippen LogP contribution in [0.4, 0.5) is 0 Å². The van der Waals surface area contributed by atoms with E-state index in [0.29, 0.717) is 30.2 Å². The Morgan fingerprint density at radius 3 is 2.34 bits per heavy atom. The molecule has 180 valence electrons. The molecule has 35 heavy (non-hydrogen) atoms. The Morgan fingerprint density at radius 2 is 1.63 bits per heavy atom. The van der Waals surface area contributed by atoms with E-state index in [1.165, 1.54) is 5.56 Å². The Labute approximate surface area is 211 Å². The summed E-state index contributed by atoms with van der Waals surface area (Å²) in [7, 11) is 4.23. The van der Waals surface area contributed by atoms with Gasteiger partial charge in [0.1, 0.15) is 5.75 Å². The SMILES string of the molecule is CN(C)[C@@H](/C=C/c1ccc(-c2nnc(CSCCOc3ccccc3)o2)cc1)Cc1ccccc1. The molecular formula is C29H31N3O2S. The lowest BCUT2D eigenvalue weighted by molar-refractivity contribution is 0.342. The third kappa shape index (κ3) is 7.84. The maximum atomic E-state index is 5.86. The molecule has 0 radical (unpaired) electrons. The number of hydrogen-bond donors (Lipinski definition) is 0. The maximum absolute atomic E-state index is 5.86. The summed E-state index contributed by atoms with van der Waals surface area (Å²) in [5.41, 5.74) is 3.40. The first kappa shape index (κ1) is 24.8. The van der Waals surface area contributed by atoms with Crippen LogP contribution in [0.5, 0.6) is 5.75 Å². The molecule has 1 atom stereocenters. The zero-order valence-corrected chi connectivity index (χ0v) is 21.0. The molecule has 0 unspecified atom stereocenters. The predicted molar refractivity (Wildman–Crippen MR) is 144 cm³/mol. The van der Waals surface area contributed by atoms with Gasteiger partial charge in [0.15, 0.2) is 0 Å². The van der Waals surface area contributed by atoms with E-state index < -0.39 is 0 Å². The third-order valence-electron chi connectivity index (χ3n) is 5.55. The molecule has 1 aromatic heterocycles. The van der Waals surface area contributed by atoms with Gasteiger partial charge in [0, 0.05) is 17.4 Å². The lowest BCUT2D eigenvalue weighted by Crippen LogP contribution is -2.27. The van der Waals surface area contributed by atoms with E-state index in [9.17, 15) is 0 Å². The average Bonchev–Trinajstić information content (AvgIpc) is 3.37. The van der Waals surface area contributed by atoms with Crippen LogP contribution in [-0.2, 0) is 12.2 Å². The number of likely N-dealkylation sites (N-methyl/N-ethyl adjacent to an activating group) is 1. The first-order valence-electron chi connectivity index (χ1n) is 11.7. The van der Waals surface area contributed by atoms with Crippen molar-refractivity contribution in [3.8, 4) is 17.2 Å². The van der Waals surface area contributed by atoms with Gasteiger partial charge >= 0.3 is 0 Å². The highest BCUT2D eigenvalue weighted by molar-refractivity contribution is 7.98. The molecule has 0 amide bonds. The fourth-order valence-corrected chi connectivity index (χ4v) is 4.20.